The molecule has 6 atom stereocenters. The van der Waals surface area contributed by atoms with Crippen molar-refractivity contribution in [1.29, 1.82) is 0 Å². The number of hydrogen-bond acceptors (Lipinski definition) is 2. The van der Waals surface area contributed by atoms with Crippen molar-refractivity contribution in [2.24, 2.45) is 34.5 Å². The summed E-state index contributed by atoms with van der Waals surface area (Å²) in [5.41, 5.74) is 1.43. The van der Waals surface area contributed by atoms with Gasteiger partial charge in [-0.2, -0.15) is 0 Å². The number of allylic oxidation sites excluding steroid dienone is 1. The van der Waals surface area contributed by atoms with Crippen molar-refractivity contribution in [2.45, 2.75) is 78.6 Å². The number of fused-ring (bicyclic) bond motifs is 5. The Bertz CT molecular complexity index is 786. The minimum Gasteiger partial charge on any atom is -0.462 e. The fourth-order valence-corrected chi connectivity index (χ4v) is 7.80. The van der Waals surface area contributed by atoms with Gasteiger partial charge in [-0.3, -0.25) is 4.79 Å². The lowest BCUT2D eigenvalue weighted by Gasteiger charge is -2.59. The second kappa shape index (κ2) is 6.09. The molecule has 2 nitrogen and oxygen atoms in total. The number of ketones is 1. The van der Waals surface area contributed by atoms with E-state index in [1.54, 1.807) is 0 Å². The van der Waals surface area contributed by atoms with E-state index in [2.05, 4.69) is 13.8 Å². The van der Waals surface area contributed by atoms with E-state index in [-0.39, 0.29) is 5.41 Å². The van der Waals surface area contributed by atoms with Crippen molar-refractivity contribution in [2.75, 3.05) is 0 Å². The van der Waals surface area contributed by atoms with Crippen LogP contribution in [0.3, 0.4) is 0 Å². The molecule has 4 saturated carbocycles. The Morgan fingerprint density at radius 2 is 1.89 bits per heavy atom. The summed E-state index contributed by atoms with van der Waals surface area (Å²) in [5, 5.41) is 0. The zero-order valence-corrected chi connectivity index (χ0v) is 17.2. The van der Waals surface area contributed by atoms with Crippen LogP contribution in [-0.2, 0) is 4.79 Å². The molecule has 0 N–H and O–H groups in total. The summed E-state index contributed by atoms with van der Waals surface area (Å²) in [4.78, 5) is 13.4. The molecule has 0 saturated heterocycles. The van der Waals surface area contributed by atoms with Crippen LogP contribution in [0.4, 0.5) is 0 Å². The molecule has 4 fully saturated rings. The molecule has 0 spiro atoms. The van der Waals surface area contributed by atoms with Gasteiger partial charge in [0.2, 0.25) is 0 Å². The Hall–Kier alpha value is -1.31. The third-order valence-electron chi connectivity index (χ3n) is 9.30. The fourth-order valence-electron chi connectivity index (χ4n) is 7.80. The van der Waals surface area contributed by atoms with Crippen molar-refractivity contribution >= 4 is 11.9 Å². The highest BCUT2D eigenvalue weighted by molar-refractivity contribution is 6.05. The quantitative estimate of drug-likeness (QED) is 0.525. The van der Waals surface area contributed by atoms with Crippen LogP contribution in [0.1, 0.15) is 83.2 Å². The van der Waals surface area contributed by atoms with Crippen LogP contribution in [0.5, 0.6) is 0 Å². The summed E-state index contributed by atoms with van der Waals surface area (Å²) in [5.74, 6) is 5.25. The minimum absolute atomic E-state index is 0.132. The van der Waals surface area contributed by atoms with Gasteiger partial charge in [0.15, 0.2) is 5.78 Å². The molecule has 2 heteroatoms. The van der Waals surface area contributed by atoms with Crippen LogP contribution >= 0.6 is 0 Å². The van der Waals surface area contributed by atoms with Gasteiger partial charge in [0, 0.05) is 5.41 Å². The summed E-state index contributed by atoms with van der Waals surface area (Å²) >= 11 is 0. The van der Waals surface area contributed by atoms with Gasteiger partial charge in [-0.25, -0.2) is 0 Å². The van der Waals surface area contributed by atoms with Crippen molar-refractivity contribution < 1.29 is 9.21 Å². The number of carbonyl (C=O) groups is 1. The summed E-state index contributed by atoms with van der Waals surface area (Å²) in [7, 11) is 0. The summed E-state index contributed by atoms with van der Waals surface area (Å²) in [6.45, 7) is 6.85. The van der Waals surface area contributed by atoms with E-state index in [4.69, 9.17) is 4.42 Å². The average molecular weight is 367 g/mol. The monoisotopic (exact) mass is 366 g/mol. The Labute approximate surface area is 163 Å². The number of aryl methyl sites for hydroxylation is 1. The molecule has 1 heterocycles. The third-order valence-corrected chi connectivity index (χ3v) is 9.30. The van der Waals surface area contributed by atoms with E-state index in [9.17, 15) is 4.79 Å². The Balaban J connectivity index is 1.46. The van der Waals surface area contributed by atoms with Crippen molar-refractivity contribution in [1.82, 2.24) is 0 Å². The maximum atomic E-state index is 13.4. The number of Topliss-reactive ketones (excluding diaryl/α,β-unsaturated/α-hetero) is 1. The SMILES string of the molecule is Cc1ccc(/C=C2\C[C@@H]3[C@H]4CC[C@H]5CCCC[C@]5(C)[C@H]4CC[C@]3(C)C2=O)o1. The predicted octanol–water partition coefficient (Wildman–Crippen LogP) is 6.58. The topological polar surface area (TPSA) is 30.2 Å². The van der Waals surface area contributed by atoms with E-state index >= 15 is 0 Å². The Morgan fingerprint density at radius 1 is 1.04 bits per heavy atom. The van der Waals surface area contributed by atoms with Crippen LogP contribution < -0.4 is 0 Å². The molecule has 0 amide bonds. The maximum absolute atomic E-state index is 13.4. The summed E-state index contributed by atoms with van der Waals surface area (Å²) in [6.07, 6.45) is 13.8. The van der Waals surface area contributed by atoms with Gasteiger partial charge >= 0.3 is 0 Å². The zero-order valence-electron chi connectivity index (χ0n) is 17.2. The van der Waals surface area contributed by atoms with Crippen LogP contribution in [0.25, 0.3) is 6.08 Å². The molecule has 146 valence electrons. The van der Waals surface area contributed by atoms with Crippen molar-refractivity contribution in [3.05, 3.63) is 29.2 Å². The van der Waals surface area contributed by atoms with Gasteiger partial charge in [-0.05, 0) is 105 Å². The molecular formula is C25H34O2. The van der Waals surface area contributed by atoms with Crippen LogP contribution in [-0.4, -0.2) is 5.78 Å². The first kappa shape index (κ1) is 17.8. The van der Waals surface area contributed by atoms with Gasteiger partial charge in [-0.15, -0.1) is 0 Å². The maximum Gasteiger partial charge on any atom is 0.165 e. The van der Waals surface area contributed by atoms with E-state index in [1.807, 2.05) is 25.1 Å². The number of hydrogen-bond donors (Lipinski definition) is 0. The largest absolute Gasteiger partial charge is 0.462 e. The highest BCUT2D eigenvalue weighted by Gasteiger charge is 2.60. The number of carbonyl (C=O) groups excluding carboxylic acids is 1. The molecule has 4 aliphatic rings. The van der Waals surface area contributed by atoms with Gasteiger partial charge < -0.3 is 4.42 Å². The van der Waals surface area contributed by atoms with Crippen LogP contribution in [0.15, 0.2) is 22.1 Å². The van der Waals surface area contributed by atoms with Crippen LogP contribution in [0.2, 0.25) is 0 Å². The van der Waals surface area contributed by atoms with E-state index in [1.165, 1.54) is 44.9 Å². The fraction of sp³-hybridized carbons (Fsp3) is 0.720. The zero-order chi connectivity index (χ0) is 18.8. The second-order valence-corrected chi connectivity index (χ2v) is 10.5. The first-order valence-corrected chi connectivity index (χ1v) is 11.2. The molecule has 0 bridgehead atoms. The standard InChI is InChI=1S/C25H34O2/c1-16-7-9-19(27-16)14-17-15-22-20-10-8-18-6-4-5-12-24(18,2)21(20)11-13-25(22,3)23(17)26/h7,9,14,18,20-22H,4-6,8,10-13,15H2,1-3H3/b17-14+/t18-,20+,21+,22-,24+,25+/m1/s1. The molecule has 5 rings (SSSR count). The predicted molar refractivity (Wildman–Crippen MR) is 108 cm³/mol. The van der Waals surface area contributed by atoms with Crippen molar-refractivity contribution in [3.63, 3.8) is 0 Å². The average Bonchev–Trinajstić information content (AvgIpc) is 3.16. The summed E-state index contributed by atoms with van der Waals surface area (Å²) < 4.78 is 5.74. The molecule has 1 aromatic rings. The van der Waals surface area contributed by atoms with Gasteiger partial charge in [0.1, 0.15) is 11.5 Å². The van der Waals surface area contributed by atoms with E-state index in [0.29, 0.717) is 17.1 Å². The lowest BCUT2D eigenvalue weighted by molar-refractivity contribution is -0.137. The first-order valence-electron chi connectivity index (χ1n) is 11.2. The van der Waals surface area contributed by atoms with Gasteiger partial charge in [0.25, 0.3) is 0 Å². The molecule has 27 heavy (non-hydrogen) atoms. The van der Waals surface area contributed by atoms with Gasteiger partial charge in [0.05, 0.1) is 0 Å². The summed E-state index contributed by atoms with van der Waals surface area (Å²) in [6, 6.07) is 3.98. The van der Waals surface area contributed by atoms with E-state index in [0.717, 1.165) is 47.7 Å². The third kappa shape index (κ3) is 2.54. The molecule has 0 radical (unpaired) electrons. The first-order chi connectivity index (χ1) is 12.9. The van der Waals surface area contributed by atoms with Crippen LogP contribution in [0, 0.1) is 41.4 Å². The number of furan rings is 1. The second-order valence-electron chi connectivity index (χ2n) is 10.5. The molecular weight excluding hydrogens is 332 g/mol. The molecule has 0 unspecified atom stereocenters. The highest BCUT2D eigenvalue weighted by Crippen LogP contribution is 2.66. The number of rotatable bonds is 1. The molecule has 4 aliphatic carbocycles. The molecule has 0 aromatic carbocycles. The smallest absolute Gasteiger partial charge is 0.165 e. The van der Waals surface area contributed by atoms with Crippen molar-refractivity contribution in [3.8, 4) is 0 Å². The van der Waals surface area contributed by atoms with Gasteiger partial charge in [-0.1, -0.05) is 26.7 Å². The Kier molecular flexibility index (Phi) is 4.01. The molecule has 0 aliphatic heterocycles. The minimum atomic E-state index is -0.132. The van der Waals surface area contributed by atoms with E-state index < -0.39 is 0 Å². The lowest BCUT2D eigenvalue weighted by Crippen LogP contribution is -2.52. The normalized spacial score (nSPS) is 45.4. The molecule has 1 aromatic heterocycles. The Morgan fingerprint density at radius 3 is 2.67 bits per heavy atom. The lowest BCUT2D eigenvalue weighted by atomic mass is 9.45. The highest BCUT2D eigenvalue weighted by atomic mass is 16.3.